The fourth-order valence-corrected chi connectivity index (χ4v) is 3.79. The molecule has 0 fully saturated rings. The van der Waals surface area contributed by atoms with E-state index in [1.165, 1.54) is 10.9 Å². The Morgan fingerprint density at radius 1 is 1.00 bits per heavy atom. The lowest BCUT2D eigenvalue weighted by molar-refractivity contribution is 0.102. The number of aromatic amines is 1. The lowest BCUT2D eigenvalue weighted by Gasteiger charge is -2.11. The van der Waals surface area contributed by atoms with Crippen LogP contribution >= 0.6 is 0 Å². The zero-order chi connectivity index (χ0) is 24.0. The summed E-state index contributed by atoms with van der Waals surface area (Å²) < 4.78 is 3.07. The zero-order valence-corrected chi connectivity index (χ0v) is 19.2. The van der Waals surface area contributed by atoms with Crippen LogP contribution in [0, 0.1) is 27.7 Å². The highest BCUT2D eigenvalue weighted by Crippen LogP contribution is 2.22. The smallest absolute Gasteiger partial charge is 0.263 e. The Balaban J connectivity index is 1.60. The average molecular weight is 454 g/mol. The number of H-pyrrole nitrogens is 1. The Bertz CT molecular complexity index is 1610. The first-order valence-corrected chi connectivity index (χ1v) is 10.8. The van der Waals surface area contributed by atoms with Gasteiger partial charge in [-0.2, -0.15) is 19.9 Å². The lowest BCUT2D eigenvalue weighted by atomic mass is 10.1. The molecule has 0 atom stereocenters. The van der Waals surface area contributed by atoms with Crippen molar-refractivity contribution in [1.82, 2.24) is 29.5 Å². The van der Waals surface area contributed by atoms with Crippen molar-refractivity contribution in [2.45, 2.75) is 27.7 Å². The molecule has 0 aliphatic carbocycles. The molecule has 1 amide bonds. The Hall–Kier alpha value is -4.53. The van der Waals surface area contributed by atoms with Gasteiger partial charge in [-0.3, -0.25) is 14.6 Å². The van der Waals surface area contributed by atoms with E-state index < -0.39 is 0 Å². The minimum atomic E-state index is -0.347. The van der Waals surface area contributed by atoms with Gasteiger partial charge in [-0.25, -0.2) is 4.68 Å². The average Bonchev–Trinajstić information content (AvgIpc) is 3.39. The number of amides is 1. The summed E-state index contributed by atoms with van der Waals surface area (Å²) in [5.74, 6) is 0.283. The molecule has 0 aliphatic heterocycles. The maximum Gasteiger partial charge on any atom is 0.263 e. The van der Waals surface area contributed by atoms with Crippen LogP contribution in [0.15, 0.2) is 59.5 Å². The second kappa shape index (κ2) is 8.11. The maximum absolute atomic E-state index is 12.9. The predicted octanol–water partition coefficient (Wildman–Crippen LogP) is 3.78. The van der Waals surface area contributed by atoms with Crippen molar-refractivity contribution < 1.29 is 4.79 Å². The molecule has 5 aromatic rings. The molecule has 170 valence electrons. The number of hydrogen-bond donors (Lipinski definition) is 2. The number of carbonyl (C=O) groups excluding carboxylic acids is 1. The second-order valence-corrected chi connectivity index (χ2v) is 8.31. The summed E-state index contributed by atoms with van der Waals surface area (Å²) in [6.07, 6.45) is 1.50. The molecule has 2 N–H and O–H groups in total. The van der Waals surface area contributed by atoms with Gasteiger partial charge in [-0.1, -0.05) is 29.8 Å². The van der Waals surface area contributed by atoms with Crippen molar-refractivity contribution in [2.75, 3.05) is 5.32 Å². The summed E-state index contributed by atoms with van der Waals surface area (Å²) in [5.41, 5.74) is 5.27. The number of carbonyl (C=O) groups is 1. The summed E-state index contributed by atoms with van der Waals surface area (Å²) in [5, 5.41) is 12.1. The summed E-state index contributed by atoms with van der Waals surface area (Å²) >= 11 is 0. The first-order chi connectivity index (χ1) is 16.3. The van der Waals surface area contributed by atoms with Gasteiger partial charge in [-0.15, -0.1) is 0 Å². The van der Waals surface area contributed by atoms with Crippen molar-refractivity contribution in [1.29, 1.82) is 0 Å². The largest absolute Gasteiger partial charge is 0.306 e. The zero-order valence-electron chi connectivity index (χ0n) is 19.2. The van der Waals surface area contributed by atoms with E-state index in [9.17, 15) is 9.59 Å². The Morgan fingerprint density at radius 3 is 2.53 bits per heavy atom. The summed E-state index contributed by atoms with van der Waals surface area (Å²) in [6.45, 7) is 7.78. The fourth-order valence-electron chi connectivity index (χ4n) is 3.79. The number of anilines is 1. The van der Waals surface area contributed by atoms with E-state index in [1.54, 1.807) is 29.8 Å². The molecule has 0 saturated carbocycles. The first-order valence-electron chi connectivity index (χ1n) is 10.8. The van der Waals surface area contributed by atoms with Gasteiger partial charge in [0.15, 0.2) is 5.65 Å². The van der Waals surface area contributed by atoms with E-state index in [4.69, 9.17) is 0 Å². The third kappa shape index (κ3) is 3.66. The van der Waals surface area contributed by atoms with Crippen LogP contribution < -0.4 is 10.9 Å². The number of hydrogen-bond acceptors (Lipinski definition) is 5. The van der Waals surface area contributed by atoms with Crippen molar-refractivity contribution in [3.8, 4) is 11.6 Å². The van der Waals surface area contributed by atoms with Crippen molar-refractivity contribution in [2.24, 2.45) is 0 Å². The standard InChI is InChI=1S/C25H23N7O2/c1-14-8-10-18(11-9-14)23(33)27-21-12-16(3)30-32(21)25-28-22-19(24(34)29-25)13-26-31(22)20-7-5-6-15(2)17(20)4/h5-13H,1-4H3,(H,27,33)(H,28,29,34). The van der Waals surface area contributed by atoms with Crippen LogP contribution in [0.4, 0.5) is 5.82 Å². The Labute approximate surface area is 195 Å². The molecule has 34 heavy (non-hydrogen) atoms. The van der Waals surface area contributed by atoms with E-state index >= 15 is 0 Å². The van der Waals surface area contributed by atoms with E-state index in [2.05, 4.69) is 25.5 Å². The third-order valence-electron chi connectivity index (χ3n) is 5.82. The molecular formula is C25H23N7O2. The quantitative estimate of drug-likeness (QED) is 0.430. The van der Waals surface area contributed by atoms with Crippen molar-refractivity contribution in [3.05, 3.63) is 93.0 Å². The maximum atomic E-state index is 12.9. The molecular weight excluding hydrogens is 430 g/mol. The monoisotopic (exact) mass is 453 g/mol. The number of fused-ring (bicyclic) bond motifs is 1. The van der Waals surface area contributed by atoms with Crippen LogP contribution in [0.2, 0.25) is 0 Å². The van der Waals surface area contributed by atoms with E-state index in [-0.39, 0.29) is 17.4 Å². The van der Waals surface area contributed by atoms with Crippen LogP contribution in [0.5, 0.6) is 0 Å². The number of nitrogens with zero attached hydrogens (tertiary/aromatic N) is 5. The first kappa shape index (κ1) is 21.3. The summed E-state index contributed by atoms with van der Waals surface area (Å²) in [6, 6.07) is 14.9. The van der Waals surface area contributed by atoms with Crippen molar-refractivity contribution >= 4 is 22.8 Å². The Kier molecular flexibility index (Phi) is 5.09. The van der Waals surface area contributed by atoms with Gasteiger partial charge in [0.1, 0.15) is 11.2 Å². The molecule has 9 heteroatoms. The molecule has 0 unspecified atom stereocenters. The molecule has 0 bridgehead atoms. The van der Waals surface area contributed by atoms with Gasteiger partial charge < -0.3 is 5.32 Å². The SMILES string of the molecule is Cc1ccc(C(=O)Nc2cc(C)nn2-c2nc3c(cnn3-c3cccc(C)c3C)c(=O)[nH]2)cc1. The number of nitrogens with one attached hydrogen (secondary N) is 2. The topological polar surface area (TPSA) is 110 Å². The van der Waals surface area contributed by atoms with Crippen LogP contribution in [-0.4, -0.2) is 35.4 Å². The fraction of sp³-hybridized carbons (Fsp3) is 0.160. The van der Waals surface area contributed by atoms with Gasteiger partial charge in [-0.05, 0) is 57.0 Å². The van der Waals surface area contributed by atoms with Gasteiger partial charge in [0, 0.05) is 11.6 Å². The molecule has 0 spiro atoms. The molecule has 3 heterocycles. The minimum Gasteiger partial charge on any atom is -0.306 e. The van der Waals surface area contributed by atoms with Gasteiger partial charge in [0.25, 0.3) is 11.5 Å². The molecule has 0 radical (unpaired) electrons. The van der Waals surface area contributed by atoms with Crippen molar-refractivity contribution in [3.63, 3.8) is 0 Å². The highest BCUT2D eigenvalue weighted by atomic mass is 16.2. The molecule has 3 aromatic heterocycles. The summed E-state index contributed by atoms with van der Waals surface area (Å²) in [4.78, 5) is 33.1. The number of benzene rings is 2. The highest BCUT2D eigenvalue weighted by molar-refractivity contribution is 6.04. The van der Waals surface area contributed by atoms with Gasteiger partial charge in [0.2, 0.25) is 5.95 Å². The number of aromatic nitrogens is 6. The molecule has 9 nitrogen and oxygen atoms in total. The normalized spacial score (nSPS) is 11.2. The van der Waals surface area contributed by atoms with Crippen LogP contribution in [0.1, 0.15) is 32.7 Å². The minimum absolute atomic E-state index is 0.178. The van der Waals surface area contributed by atoms with Gasteiger partial charge in [0.05, 0.1) is 17.6 Å². The highest BCUT2D eigenvalue weighted by Gasteiger charge is 2.18. The predicted molar refractivity (Wildman–Crippen MR) is 130 cm³/mol. The molecule has 0 saturated heterocycles. The van der Waals surface area contributed by atoms with E-state index in [1.807, 2.05) is 51.1 Å². The number of aryl methyl sites for hydroxylation is 3. The molecule has 0 aliphatic rings. The Morgan fingerprint density at radius 2 is 1.76 bits per heavy atom. The second-order valence-electron chi connectivity index (χ2n) is 8.31. The van der Waals surface area contributed by atoms with E-state index in [0.717, 1.165) is 22.4 Å². The third-order valence-corrected chi connectivity index (χ3v) is 5.82. The summed E-state index contributed by atoms with van der Waals surface area (Å²) in [7, 11) is 0. The number of rotatable bonds is 4. The molecule has 2 aromatic carbocycles. The van der Waals surface area contributed by atoms with Crippen LogP contribution in [-0.2, 0) is 0 Å². The van der Waals surface area contributed by atoms with Crippen LogP contribution in [0.25, 0.3) is 22.7 Å². The van der Waals surface area contributed by atoms with Crippen LogP contribution in [0.3, 0.4) is 0 Å². The van der Waals surface area contributed by atoms with Gasteiger partial charge >= 0.3 is 0 Å². The lowest BCUT2D eigenvalue weighted by Crippen LogP contribution is -2.19. The van der Waals surface area contributed by atoms with E-state index in [0.29, 0.717) is 28.1 Å². The molecule has 5 rings (SSSR count).